The van der Waals surface area contributed by atoms with Gasteiger partial charge in [-0.2, -0.15) is 0 Å². The standard InChI is InChI=1S/C23H23N3O3S/c1-23(2)15-30-22(24-14-16-8-4-3-5-9-16)26(23)19(27)12-13-25-20(28)17-10-6-7-11-18(17)21(25)29/h3-11H,12-15H2,1-2H3. The van der Waals surface area contributed by atoms with Crippen LogP contribution >= 0.6 is 11.8 Å². The van der Waals surface area contributed by atoms with Gasteiger partial charge >= 0.3 is 0 Å². The lowest BCUT2D eigenvalue weighted by Crippen LogP contribution is -2.47. The lowest BCUT2D eigenvalue weighted by molar-refractivity contribution is -0.130. The Hall–Kier alpha value is -2.93. The molecule has 2 aliphatic rings. The monoisotopic (exact) mass is 421 g/mol. The fraction of sp³-hybridized carbons (Fsp3) is 0.304. The van der Waals surface area contributed by atoms with E-state index in [1.54, 1.807) is 40.9 Å². The molecule has 0 unspecified atom stereocenters. The van der Waals surface area contributed by atoms with Crippen LogP contribution in [0.25, 0.3) is 0 Å². The molecule has 1 saturated heterocycles. The van der Waals surface area contributed by atoms with Crippen molar-refractivity contribution in [2.75, 3.05) is 12.3 Å². The minimum Gasteiger partial charge on any atom is -0.285 e. The van der Waals surface area contributed by atoms with E-state index < -0.39 is 0 Å². The highest BCUT2D eigenvalue weighted by Crippen LogP contribution is 2.34. The van der Waals surface area contributed by atoms with Gasteiger partial charge < -0.3 is 0 Å². The number of fused-ring (bicyclic) bond motifs is 1. The summed E-state index contributed by atoms with van der Waals surface area (Å²) >= 11 is 1.56. The zero-order valence-electron chi connectivity index (χ0n) is 17.0. The van der Waals surface area contributed by atoms with Crippen molar-refractivity contribution < 1.29 is 14.4 Å². The molecular formula is C23H23N3O3S. The van der Waals surface area contributed by atoms with Gasteiger partial charge in [-0.1, -0.05) is 54.2 Å². The summed E-state index contributed by atoms with van der Waals surface area (Å²) in [5.41, 5.74) is 1.50. The molecule has 7 heteroatoms. The topological polar surface area (TPSA) is 70.1 Å². The van der Waals surface area contributed by atoms with E-state index in [0.29, 0.717) is 22.8 Å². The van der Waals surface area contributed by atoms with E-state index in [-0.39, 0.29) is 36.2 Å². The molecule has 1 fully saturated rings. The summed E-state index contributed by atoms with van der Waals surface area (Å²) in [6, 6.07) is 16.7. The summed E-state index contributed by atoms with van der Waals surface area (Å²) in [6.07, 6.45) is 0.0693. The third-order valence-electron chi connectivity index (χ3n) is 5.27. The highest BCUT2D eigenvalue weighted by atomic mass is 32.2. The Bertz CT molecular complexity index is 998. The number of amides is 3. The van der Waals surface area contributed by atoms with Crippen LogP contribution in [0.2, 0.25) is 0 Å². The number of carbonyl (C=O) groups excluding carboxylic acids is 3. The predicted molar refractivity (Wildman–Crippen MR) is 117 cm³/mol. The van der Waals surface area contributed by atoms with Crippen molar-refractivity contribution >= 4 is 34.7 Å². The molecule has 2 aliphatic heterocycles. The lowest BCUT2D eigenvalue weighted by atomic mass is 10.1. The first-order valence-corrected chi connectivity index (χ1v) is 10.9. The van der Waals surface area contributed by atoms with Gasteiger partial charge in [-0.3, -0.25) is 29.2 Å². The quantitative estimate of drug-likeness (QED) is 0.692. The number of aliphatic imine (C=N–C) groups is 1. The molecule has 154 valence electrons. The second-order valence-corrected chi connectivity index (χ2v) is 8.91. The minimum absolute atomic E-state index is 0.0639. The van der Waals surface area contributed by atoms with Gasteiger partial charge in [0, 0.05) is 18.7 Å². The van der Waals surface area contributed by atoms with Gasteiger partial charge in [-0.25, -0.2) is 0 Å². The second kappa shape index (κ2) is 8.07. The van der Waals surface area contributed by atoms with Crippen LogP contribution in [0.4, 0.5) is 0 Å². The lowest BCUT2D eigenvalue weighted by Gasteiger charge is -2.31. The molecule has 0 aromatic heterocycles. The Labute approximate surface area is 180 Å². The number of imide groups is 1. The van der Waals surface area contributed by atoms with Gasteiger partial charge in [0.2, 0.25) is 5.91 Å². The zero-order chi connectivity index (χ0) is 21.3. The Kier molecular flexibility index (Phi) is 5.47. The summed E-state index contributed by atoms with van der Waals surface area (Å²) in [5, 5.41) is 0.691. The van der Waals surface area contributed by atoms with Crippen LogP contribution in [0.5, 0.6) is 0 Å². The molecule has 2 aromatic rings. The third kappa shape index (κ3) is 3.77. The van der Waals surface area contributed by atoms with Crippen molar-refractivity contribution in [1.82, 2.24) is 9.80 Å². The number of carbonyl (C=O) groups is 3. The number of nitrogens with zero attached hydrogens (tertiary/aromatic N) is 3. The number of hydrogen-bond acceptors (Lipinski definition) is 5. The summed E-state index contributed by atoms with van der Waals surface area (Å²) < 4.78 is 0. The molecule has 2 heterocycles. The Balaban J connectivity index is 1.46. The minimum atomic E-state index is -0.376. The van der Waals surface area contributed by atoms with E-state index in [9.17, 15) is 14.4 Å². The van der Waals surface area contributed by atoms with E-state index in [2.05, 4.69) is 4.99 Å². The van der Waals surface area contributed by atoms with Crippen LogP contribution in [0.3, 0.4) is 0 Å². The first kappa shape index (κ1) is 20.3. The molecule has 0 atom stereocenters. The Morgan fingerprint density at radius 3 is 2.23 bits per heavy atom. The molecule has 6 nitrogen and oxygen atoms in total. The number of benzene rings is 2. The molecular weight excluding hydrogens is 398 g/mol. The van der Waals surface area contributed by atoms with E-state index in [4.69, 9.17) is 0 Å². The van der Waals surface area contributed by atoms with Crippen molar-refractivity contribution in [1.29, 1.82) is 0 Å². The van der Waals surface area contributed by atoms with Gasteiger partial charge in [-0.05, 0) is 31.5 Å². The molecule has 0 bridgehead atoms. The molecule has 0 spiro atoms. The summed E-state index contributed by atoms with van der Waals surface area (Å²) in [7, 11) is 0. The van der Waals surface area contributed by atoms with E-state index in [1.165, 1.54) is 4.90 Å². The number of rotatable bonds is 5. The van der Waals surface area contributed by atoms with Gasteiger partial charge in [0.25, 0.3) is 11.8 Å². The van der Waals surface area contributed by atoms with E-state index >= 15 is 0 Å². The number of amidine groups is 1. The van der Waals surface area contributed by atoms with Crippen LogP contribution in [-0.4, -0.2) is 50.5 Å². The Morgan fingerprint density at radius 2 is 1.60 bits per heavy atom. The van der Waals surface area contributed by atoms with Crippen LogP contribution in [-0.2, 0) is 11.3 Å². The fourth-order valence-electron chi connectivity index (χ4n) is 3.69. The average Bonchev–Trinajstić information content (AvgIpc) is 3.18. The molecule has 0 saturated carbocycles. The zero-order valence-corrected chi connectivity index (χ0v) is 17.8. The molecule has 4 rings (SSSR count). The highest BCUT2D eigenvalue weighted by Gasteiger charge is 2.42. The average molecular weight is 422 g/mol. The van der Waals surface area contributed by atoms with Crippen molar-refractivity contribution in [3.8, 4) is 0 Å². The summed E-state index contributed by atoms with van der Waals surface area (Å²) in [4.78, 5) is 45.8. The first-order valence-electron chi connectivity index (χ1n) is 9.88. The van der Waals surface area contributed by atoms with Crippen molar-refractivity contribution in [3.63, 3.8) is 0 Å². The van der Waals surface area contributed by atoms with Crippen LogP contribution < -0.4 is 0 Å². The fourth-order valence-corrected chi connectivity index (χ4v) is 4.94. The van der Waals surface area contributed by atoms with Crippen molar-refractivity contribution in [2.45, 2.75) is 32.4 Å². The largest absolute Gasteiger partial charge is 0.285 e. The van der Waals surface area contributed by atoms with Gasteiger partial charge in [0.05, 0.1) is 23.2 Å². The predicted octanol–water partition coefficient (Wildman–Crippen LogP) is 3.58. The molecule has 3 amide bonds. The number of thioether (sulfide) groups is 1. The van der Waals surface area contributed by atoms with Crippen molar-refractivity contribution in [3.05, 3.63) is 71.3 Å². The van der Waals surface area contributed by atoms with Gasteiger partial charge in [0.15, 0.2) is 5.17 Å². The van der Waals surface area contributed by atoms with Crippen LogP contribution in [0, 0.1) is 0 Å². The molecule has 30 heavy (non-hydrogen) atoms. The van der Waals surface area contributed by atoms with E-state index in [0.717, 1.165) is 11.3 Å². The summed E-state index contributed by atoms with van der Waals surface area (Å²) in [5.74, 6) is -0.0550. The smallest absolute Gasteiger partial charge is 0.261 e. The normalized spacial score (nSPS) is 18.9. The molecule has 2 aromatic carbocycles. The summed E-state index contributed by atoms with van der Waals surface area (Å²) in [6.45, 7) is 4.58. The molecule has 0 N–H and O–H groups in total. The maximum Gasteiger partial charge on any atom is 0.261 e. The first-order chi connectivity index (χ1) is 14.4. The van der Waals surface area contributed by atoms with E-state index in [1.807, 2.05) is 44.2 Å². The molecule has 0 aliphatic carbocycles. The maximum atomic E-state index is 13.1. The highest BCUT2D eigenvalue weighted by molar-refractivity contribution is 8.14. The Morgan fingerprint density at radius 1 is 1.00 bits per heavy atom. The van der Waals surface area contributed by atoms with Gasteiger partial charge in [-0.15, -0.1) is 0 Å². The van der Waals surface area contributed by atoms with Crippen molar-refractivity contribution in [2.24, 2.45) is 4.99 Å². The van der Waals surface area contributed by atoms with Crippen LogP contribution in [0.1, 0.15) is 46.5 Å². The maximum absolute atomic E-state index is 13.1. The van der Waals surface area contributed by atoms with Crippen LogP contribution in [0.15, 0.2) is 59.6 Å². The second-order valence-electron chi connectivity index (χ2n) is 7.97. The van der Waals surface area contributed by atoms with Gasteiger partial charge in [0.1, 0.15) is 0 Å². The third-order valence-corrected chi connectivity index (χ3v) is 6.69. The molecule has 0 radical (unpaired) electrons. The number of hydrogen-bond donors (Lipinski definition) is 0. The SMILES string of the molecule is CC1(C)CSC(=NCc2ccccc2)N1C(=O)CCN1C(=O)c2ccccc2C1=O.